The Balaban J connectivity index is 1.96. The van der Waals surface area contributed by atoms with Gasteiger partial charge in [-0.1, -0.05) is 47.7 Å². The zero-order valence-corrected chi connectivity index (χ0v) is 16.7. The van der Waals surface area contributed by atoms with E-state index in [1.165, 1.54) is 25.7 Å². The highest BCUT2D eigenvalue weighted by atomic mass is 28.3. The van der Waals surface area contributed by atoms with E-state index in [0.29, 0.717) is 38.5 Å². The van der Waals surface area contributed by atoms with Crippen LogP contribution in [0.1, 0.15) is 66.7 Å². The van der Waals surface area contributed by atoms with Crippen molar-refractivity contribution in [3.8, 4) is 0 Å². The third-order valence-electron chi connectivity index (χ3n) is 9.92. The van der Waals surface area contributed by atoms with Gasteiger partial charge >= 0.3 is 0 Å². The summed E-state index contributed by atoms with van der Waals surface area (Å²) in [6.45, 7) is 17.8. The van der Waals surface area contributed by atoms with Crippen molar-refractivity contribution in [2.75, 3.05) is 0 Å². The predicted octanol–water partition coefficient (Wildman–Crippen LogP) is 5.67. The molecule has 0 N–H and O–H groups in total. The Morgan fingerprint density at radius 2 is 1.77 bits per heavy atom. The van der Waals surface area contributed by atoms with Crippen molar-refractivity contribution >= 4 is 13.9 Å². The molecule has 0 bridgehead atoms. The summed E-state index contributed by atoms with van der Waals surface area (Å²) in [7, 11) is -1.50. The average molecular weight is 319 g/mol. The summed E-state index contributed by atoms with van der Waals surface area (Å²) < 4.78 is 0. The Morgan fingerprint density at radius 1 is 1.14 bits per heavy atom. The zero-order valence-electron chi connectivity index (χ0n) is 15.7. The maximum Gasteiger partial charge on any atom is 0.136 e. The van der Waals surface area contributed by atoms with Crippen LogP contribution >= 0.6 is 0 Å². The first-order valence-corrected chi connectivity index (χ1v) is 12.5. The third kappa shape index (κ3) is 1.20. The molecular formula is C20H34OSi. The van der Waals surface area contributed by atoms with Crippen LogP contribution in [0.25, 0.3) is 0 Å². The normalized spacial score (nSPS) is 53.4. The van der Waals surface area contributed by atoms with Gasteiger partial charge in [0.15, 0.2) is 0 Å². The topological polar surface area (TPSA) is 17.1 Å². The summed E-state index contributed by atoms with van der Waals surface area (Å²) in [5.74, 6) is 2.55. The highest BCUT2D eigenvalue weighted by Crippen LogP contribution is 2.92. The molecule has 0 radical (unpaired) electrons. The summed E-state index contributed by atoms with van der Waals surface area (Å²) in [5, 5.41) is 0.944. The molecule has 22 heavy (non-hydrogen) atoms. The van der Waals surface area contributed by atoms with E-state index in [1.807, 2.05) is 0 Å². The Kier molecular flexibility index (Phi) is 2.63. The first-order chi connectivity index (χ1) is 9.95. The third-order valence-corrected chi connectivity index (χ3v) is 16.9. The molecular weight excluding hydrogens is 284 g/mol. The van der Waals surface area contributed by atoms with E-state index in [2.05, 4.69) is 47.7 Å². The van der Waals surface area contributed by atoms with Crippen molar-refractivity contribution < 1.29 is 4.79 Å². The molecule has 1 nitrogen and oxygen atoms in total. The summed E-state index contributed by atoms with van der Waals surface area (Å²) in [5.41, 5.74) is 0.883. The van der Waals surface area contributed by atoms with Crippen LogP contribution in [0.5, 0.6) is 0 Å². The molecule has 0 heterocycles. The van der Waals surface area contributed by atoms with E-state index in [1.54, 1.807) is 0 Å². The number of hydrogen-bond donors (Lipinski definition) is 0. The molecule has 0 aromatic rings. The van der Waals surface area contributed by atoms with Gasteiger partial charge in [-0.3, -0.25) is 4.79 Å². The number of hydrogen-bond acceptors (Lipinski definition) is 1. The highest BCUT2D eigenvalue weighted by molar-refractivity contribution is 6.83. The van der Waals surface area contributed by atoms with Crippen molar-refractivity contribution in [2.24, 2.45) is 28.6 Å². The molecule has 4 aliphatic rings. The molecule has 0 amide bonds. The van der Waals surface area contributed by atoms with Crippen LogP contribution in [0.3, 0.4) is 0 Å². The number of carbonyl (C=O) groups excluding carboxylic acids is 1. The SMILES string of the molecule is C[C@H]1C[C@@]2([Si](C)(C)C(C)(C)C)CC[C@]3(C)C[C@H]4C(=O)CC1C432. The molecule has 4 saturated carbocycles. The molecule has 0 aromatic heterocycles. The highest BCUT2D eigenvalue weighted by Gasteiger charge is 2.86. The zero-order chi connectivity index (χ0) is 16.3. The molecule has 4 rings (SSSR count). The van der Waals surface area contributed by atoms with Crippen LogP contribution in [0.2, 0.25) is 23.2 Å². The lowest BCUT2D eigenvalue weighted by molar-refractivity contribution is -0.148. The molecule has 0 aromatic carbocycles. The van der Waals surface area contributed by atoms with Gasteiger partial charge in [-0.15, -0.1) is 0 Å². The fourth-order valence-corrected chi connectivity index (χ4v) is 13.1. The van der Waals surface area contributed by atoms with Gasteiger partial charge in [-0.25, -0.2) is 0 Å². The lowest BCUT2D eigenvalue weighted by atomic mass is 9.43. The Bertz CT molecular complexity index is 559. The van der Waals surface area contributed by atoms with E-state index < -0.39 is 8.07 Å². The minimum atomic E-state index is -1.50. The maximum absolute atomic E-state index is 12.8. The van der Waals surface area contributed by atoms with Gasteiger partial charge in [0.2, 0.25) is 0 Å². The van der Waals surface area contributed by atoms with Crippen LogP contribution < -0.4 is 0 Å². The molecule has 1 spiro atoms. The van der Waals surface area contributed by atoms with Crippen LogP contribution in [0, 0.1) is 28.6 Å². The molecule has 124 valence electrons. The summed E-state index contributed by atoms with van der Waals surface area (Å²) in [6, 6.07) is 0. The fraction of sp³-hybridized carbons (Fsp3) is 0.950. The van der Waals surface area contributed by atoms with Crippen molar-refractivity contribution in [1.82, 2.24) is 0 Å². The molecule has 2 heteroatoms. The van der Waals surface area contributed by atoms with Gasteiger partial charge in [-0.2, -0.15) is 0 Å². The second-order valence-electron chi connectivity index (χ2n) is 11.1. The summed E-state index contributed by atoms with van der Waals surface area (Å²) >= 11 is 0. The van der Waals surface area contributed by atoms with Crippen molar-refractivity contribution in [3.05, 3.63) is 0 Å². The van der Waals surface area contributed by atoms with Crippen LogP contribution in [0.4, 0.5) is 0 Å². The first kappa shape index (κ1) is 15.4. The standard InChI is InChI=1S/C20H34OSi/c1-13-11-19(22(6,7)17(2,3)4)9-8-18(5)12-15-16(21)10-14(13)20(15,18)19/h13-15H,8-12H2,1-7H3/t13-,14?,15-,18+,19-,20?/m0/s1. The molecule has 0 saturated heterocycles. The molecule has 4 fully saturated rings. The van der Waals surface area contributed by atoms with Gasteiger partial charge in [-0.05, 0) is 58.4 Å². The van der Waals surface area contributed by atoms with Crippen LogP contribution in [-0.4, -0.2) is 13.9 Å². The van der Waals surface area contributed by atoms with E-state index in [0.717, 1.165) is 12.3 Å². The van der Waals surface area contributed by atoms with Gasteiger partial charge in [0.1, 0.15) is 5.78 Å². The number of carbonyl (C=O) groups is 1. The average Bonchev–Trinajstić information content (AvgIpc) is 2.84. The van der Waals surface area contributed by atoms with Crippen molar-refractivity contribution in [2.45, 2.75) is 89.9 Å². The number of Topliss-reactive ketones (excluding diaryl/α,β-unsaturated/α-hetero) is 1. The summed E-state index contributed by atoms with van der Waals surface area (Å²) in [6.07, 6.45) is 6.37. The lowest BCUT2D eigenvalue weighted by Crippen LogP contribution is -2.64. The Hall–Kier alpha value is -0.113. The van der Waals surface area contributed by atoms with E-state index in [4.69, 9.17) is 0 Å². The smallest absolute Gasteiger partial charge is 0.136 e. The molecule has 6 atom stereocenters. The number of rotatable bonds is 1. The van der Waals surface area contributed by atoms with Gasteiger partial charge in [0.25, 0.3) is 0 Å². The minimum Gasteiger partial charge on any atom is -0.299 e. The molecule has 4 aliphatic carbocycles. The molecule has 2 unspecified atom stereocenters. The fourth-order valence-electron chi connectivity index (χ4n) is 8.35. The van der Waals surface area contributed by atoms with Crippen molar-refractivity contribution in [1.29, 1.82) is 0 Å². The second-order valence-corrected chi connectivity index (χ2v) is 16.8. The lowest BCUT2D eigenvalue weighted by Gasteiger charge is -2.67. The predicted molar refractivity (Wildman–Crippen MR) is 94.7 cm³/mol. The monoisotopic (exact) mass is 318 g/mol. The van der Waals surface area contributed by atoms with Crippen LogP contribution in [-0.2, 0) is 4.79 Å². The van der Waals surface area contributed by atoms with Gasteiger partial charge in [0, 0.05) is 12.3 Å². The Labute approximate surface area is 137 Å². The summed E-state index contributed by atoms with van der Waals surface area (Å²) in [4.78, 5) is 12.8. The van der Waals surface area contributed by atoms with E-state index in [-0.39, 0.29) is 0 Å². The molecule has 0 aliphatic heterocycles. The second kappa shape index (κ2) is 3.76. The maximum atomic E-state index is 12.8. The number of ketones is 1. The largest absolute Gasteiger partial charge is 0.299 e. The van der Waals surface area contributed by atoms with Crippen molar-refractivity contribution in [3.63, 3.8) is 0 Å². The van der Waals surface area contributed by atoms with Crippen LogP contribution in [0.15, 0.2) is 0 Å². The van der Waals surface area contributed by atoms with E-state index >= 15 is 0 Å². The quantitative estimate of drug-likeness (QED) is 0.569. The Morgan fingerprint density at radius 3 is 2.36 bits per heavy atom. The van der Waals surface area contributed by atoms with Gasteiger partial charge in [0.05, 0.1) is 8.07 Å². The minimum absolute atomic E-state index is 0.402. The van der Waals surface area contributed by atoms with Gasteiger partial charge < -0.3 is 0 Å². The first-order valence-electron chi connectivity index (χ1n) is 9.47. The van der Waals surface area contributed by atoms with E-state index in [9.17, 15) is 4.79 Å².